The fourth-order valence-electron chi connectivity index (χ4n) is 2.80. The molecule has 28 heavy (non-hydrogen) atoms. The summed E-state index contributed by atoms with van der Waals surface area (Å²) in [7, 11) is 1.62. The Morgan fingerprint density at radius 3 is 2.96 bits per heavy atom. The average molecular weight is 393 g/mol. The highest BCUT2D eigenvalue weighted by Crippen LogP contribution is 2.22. The monoisotopic (exact) mass is 393 g/mol. The number of ether oxygens (including phenoxy) is 1. The Kier molecular flexibility index (Phi) is 5.20. The fraction of sp³-hybridized carbons (Fsp3) is 0.150. The second kappa shape index (κ2) is 8.10. The SMILES string of the molecule is COc1cccc(-c2cc(C(=O)NCCn3ccc(-c4ccsc4)n3)[nH]n2)c1. The maximum Gasteiger partial charge on any atom is 0.269 e. The Hall–Kier alpha value is -3.39. The van der Waals surface area contributed by atoms with Crippen LogP contribution in [0.3, 0.4) is 0 Å². The molecule has 0 atom stereocenters. The van der Waals surface area contributed by atoms with E-state index >= 15 is 0 Å². The van der Waals surface area contributed by atoms with Crippen molar-refractivity contribution in [3.8, 4) is 28.3 Å². The number of aromatic nitrogens is 4. The number of H-pyrrole nitrogens is 1. The van der Waals surface area contributed by atoms with Crippen LogP contribution in [0.4, 0.5) is 0 Å². The predicted octanol–water partition coefficient (Wildman–Crippen LogP) is 3.44. The fourth-order valence-corrected chi connectivity index (χ4v) is 3.45. The van der Waals surface area contributed by atoms with E-state index in [9.17, 15) is 4.79 Å². The molecule has 1 amide bonds. The molecule has 0 aliphatic carbocycles. The molecule has 8 heteroatoms. The molecule has 2 N–H and O–H groups in total. The first-order valence-electron chi connectivity index (χ1n) is 8.77. The van der Waals surface area contributed by atoms with Crippen molar-refractivity contribution in [3.05, 3.63) is 65.1 Å². The first-order chi connectivity index (χ1) is 13.7. The number of hydrogen-bond acceptors (Lipinski definition) is 5. The van der Waals surface area contributed by atoms with E-state index in [4.69, 9.17) is 4.74 Å². The summed E-state index contributed by atoms with van der Waals surface area (Å²) in [6.45, 7) is 1.06. The lowest BCUT2D eigenvalue weighted by molar-refractivity contribution is 0.0947. The quantitative estimate of drug-likeness (QED) is 0.504. The number of rotatable bonds is 7. The summed E-state index contributed by atoms with van der Waals surface area (Å²) in [5.41, 5.74) is 4.03. The number of aromatic amines is 1. The van der Waals surface area contributed by atoms with E-state index in [1.807, 2.05) is 52.7 Å². The van der Waals surface area contributed by atoms with Crippen molar-refractivity contribution >= 4 is 17.2 Å². The lowest BCUT2D eigenvalue weighted by atomic mass is 10.1. The summed E-state index contributed by atoms with van der Waals surface area (Å²) in [5.74, 6) is 0.541. The van der Waals surface area contributed by atoms with Gasteiger partial charge in [-0.25, -0.2) is 0 Å². The van der Waals surface area contributed by atoms with Gasteiger partial charge in [-0.3, -0.25) is 14.6 Å². The molecule has 0 radical (unpaired) electrons. The summed E-state index contributed by atoms with van der Waals surface area (Å²) in [6, 6.07) is 13.3. The highest BCUT2D eigenvalue weighted by Gasteiger charge is 2.11. The molecule has 0 aliphatic rings. The average Bonchev–Trinajstić information content (AvgIpc) is 3.48. The number of carbonyl (C=O) groups excluding carboxylic acids is 1. The third kappa shape index (κ3) is 3.96. The van der Waals surface area contributed by atoms with Gasteiger partial charge in [0, 0.05) is 29.2 Å². The molecule has 1 aromatic carbocycles. The Labute approximate surface area is 166 Å². The van der Waals surface area contributed by atoms with E-state index in [1.165, 1.54) is 0 Å². The highest BCUT2D eigenvalue weighted by molar-refractivity contribution is 7.08. The first-order valence-corrected chi connectivity index (χ1v) is 9.71. The van der Waals surface area contributed by atoms with Gasteiger partial charge >= 0.3 is 0 Å². The maximum absolute atomic E-state index is 12.4. The molecule has 0 saturated carbocycles. The van der Waals surface area contributed by atoms with E-state index < -0.39 is 0 Å². The minimum Gasteiger partial charge on any atom is -0.497 e. The van der Waals surface area contributed by atoms with Crippen molar-refractivity contribution in [1.29, 1.82) is 0 Å². The summed E-state index contributed by atoms with van der Waals surface area (Å²) >= 11 is 1.64. The minimum absolute atomic E-state index is 0.202. The predicted molar refractivity (Wildman–Crippen MR) is 108 cm³/mol. The van der Waals surface area contributed by atoms with Gasteiger partial charge in [-0.05, 0) is 35.7 Å². The van der Waals surface area contributed by atoms with Crippen LogP contribution in [0.5, 0.6) is 5.75 Å². The third-order valence-corrected chi connectivity index (χ3v) is 4.96. The standard InChI is InChI=1S/C20H19N5O2S/c1-27-16-4-2-3-14(11-16)18-12-19(23-22-18)20(26)21-7-9-25-8-5-17(24-25)15-6-10-28-13-15/h2-6,8,10-13H,7,9H2,1H3,(H,21,26)(H,22,23). The van der Waals surface area contributed by atoms with Crippen molar-refractivity contribution < 1.29 is 9.53 Å². The van der Waals surface area contributed by atoms with E-state index in [-0.39, 0.29) is 5.91 Å². The molecule has 3 heterocycles. The molecule has 4 rings (SSSR count). The van der Waals surface area contributed by atoms with E-state index in [2.05, 4.69) is 26.0 Å². The molecule has 142 valence electrons. The minimum atomic E-state index is -0.202. The van der Waals surface area contributed by atoms with Gasteiger partial charge in [0.05, 0.1) is 25.0 Å². The lowest BCUT2D eigenvalue weighted by Gasteiger charge is -2.04. The van der Waals surface area contributed by atoms with Gasteiger partial charge in [-0.2, -0.15) is 21.5 Å². The van der Waals surface area contributed by atoms with Gasteiger partial charge in [-0.15, -0.1) is 0 Å². The van der Waals surface area contributed by atoms with Crippen LogP contribution in [-0.4, -0.2) is 39.5 Å². The van der Waals surface area contributed by atoms with E-state index in [0.717, 1.165) is 22.6 Å². The first kappa shape index (κ1) is 18.0. The number of methoxy groups -OCH3 is 1. The van der Waals surface area contributed by atoms with Gasteiger partial charge in [0.2, 0.25) is 0 Å². The zero-order valence-corrected chi connectivity index (χ0v) is 16.1. The number of benzene rings is 1. The number of nitrogens with zero attached hydrogens (tertiary/aromatic N) is 3. The van der Waals surface area contributed by atoms with Crippen molar-refractivity contribution in [2.24, 2.45) is 0 Å². The highest BCUT2D eigenvalue weighted by atomic mass is 32.1. The number of amides is 1. The Morgan fingerprint density at radius 2 is 2.14 bits per heavy atom. The van der Waals surface area contributed by atoms with Gasteiger partial charge in [-0.1, -0.05) is 12.1 Å². The molecule has 0 bridgehead atoms. The Balaban J connectivity index is 1.34. The van der Waals surface area contributed by atoms with Gasteiger partial charge in [0.25, 0.3) is 5.91 Å². The van der Waals surface area contributed by atoms with Crippen molar-refractivity contribution in [1.82, 2.24) is 25.3 Å². The lowest BCUT2D eigenvalue weighted by Crippen LogP contribution is -2.27. The molecule has 3 aromatic heterocycles. The summed E-state index contributed by atoms with van der Waals surface area (Å²) in [5, 5.41) is 18.5. The van der Waals surface area contributed by atoms with Crippen molar-refractivity contribution in [2.75, 3.05) is 13.7 Å². The van der Waals surface area contributed by atoms with Crippen LogP contribution in [0.1, 0.15) is 10.5 Å². The summed E-state index contributed by atoms with van der Waals surface area (Å²) in [4.78, 5) is 12.4. The van der Waals surface area contributed by atoms with E-state index in [0.29, 0.717) is 24.5 Å². The van der Waals surface area contributed by atoms with Gasteiger partial charge < -0.3 is 10.1 Å². The molecular formula is C20H19N5O2S. The normalized spacial score (nSPS) is 10.8. The molecule has 0 fully saturated rings. The van der Waals surface area contributed by atoms with E-state index in [1.54, 1.807) is 24.5 Å². The van der Waals surface area contributed by atoms with Gasteiger partial charge in [0.15, 0.2) is 0 Å². The molecule has 7 nitrogen and oxygen atoms in total. The van der Waals surface area contributed by atoms with Crippen LogP contribution in [0, 0.1) is 0 Å². The Bertz CT molecular complexity index is 1070. The third-order valence-electron chi connectivity index (χ3n) is 4.27. The Morgan fingerprint density at radius 1 is 1.21 bits per heavy atom. The molecule has 0 aliphatic heterocycles. The molecule has 4 aromatic rings. The zero-order chi connectivity index (χ0) is 19.3. The van der Waals surface area contributed by atoms with Crippen LogP contribution >= 0.6 is 11.3 Å². The smallest absolute Gasteiger partial charge is 0.269 e. The van der Waals surface area contributed by atoms with Crippen LogP contribution < -0.4 is 10.1 Å². The topological polar surface area (TPSA) is 84.8 Å². The van der Waals surface area contributed by atoms with Crippen LogP contribution in [0.15, 0.2) is 59.4 Å². The van der Waals surface area contributed by atoms with Crippen LogP contribution in [-0.2, 0) is 6.54 Å². The van der Waals surface area contributed by atoms with Crippen LogP contribution in [0.25, 0.3) is 22.5 Å². The summed E-state index contributed by atoms with van der Waals surface area (Å²) in [6.07, 6.45) is 1.91. The van der Waals surface area contributed by atoms with Crippen molar-refractivity contribution in [3.63, 3.8) is 0 Å². The second-order valence-corrected chi connectivity index (χ2v) is 6.91. The van der Waals surface area contributed by atoms with Crippen LogP contribution in [0.2, 0.25) is 0 Å². The summed E-state index contributed by atoms with van der Waals surface area (Å²) < 4.78 is 7.05. The molecule has 0 saturated heterocycles. The molecular weight excluding hydrogens is 374 g/mol. The maximum atomic E-state index is 12.4. The van der Waals surface area contributed by atoms with Gasteiger partial charge in [0.1, 0.15) is 11.4 Å². The molecule has 0 unspecified atom stereocenters. The molecule has 0 spiro atoms. The van der Waals surface area contributed by atoms with Crippen molar-refractivity contribution in [2.45, 2.75) is 6.54 Å². The number of hydrogen-bond donors (Lipinski definition) is 2. The second-order valence-electron chi connectivity index (χ2n) is 6.13. The number of nitrogens with one attached hydrogen (secondary N) is 2. The largest absolute Gasteiger partial charge is 0.497 e. The number of carbonyl (C=O) groups is 1. The zero-order valence-electron chi connectivity index (χ0n) is 15.3. The number of thiophene rings is 1.